The van der Waals surface area contributed by atoms with Crippen molar-refractivity contribution >= 4 is 29.5 Å². The lowest BCUT2D eigenvalue weighted by Gasteiger charge is -2.26. The molecule has 1 aromatic carbocycles. The Kier molecular flexibility index (Phi) is 4.93. The molecular formula is C20H21N7O2S. The number of hydrogen-bond donors (Lipinski definition) is 3. The first-order valence-electron chi connectivity index (χ1n) is 9.64. The molecule has 3 aromatic rings. The third-order valence-corrected chi connectivity index (χ3v) is 5.90. The molecule has 3 heterocycles. The summed E-state index contributed by atoms with van der Waals surface area (Å²) in [4.78, 5) is 22.0. The van der Waals surface area contributed by atoms with Gasteiger partial charge in [0.1, 0.15) is 11.6 Å². The molecule has 154 valence electrons. The van der Waals surface area contributed by atoms with Crippen molar-refractivity contribution in [2.45, 2.75) is 30.2 Å². The lowest BCUT2D eigenvalue weighted by Crippen LogP contribution is -2.23. The number of H-pyrrole nitrogens is 1. The number of carbonyl (C=O) groups excluding carboxylic acids is 1. The zero-order chi connectivity index (χ0) is 20.5. The van der Waals surface area contributed by atoms with Crippen LogP contribution in [0.15, 0.2) is 53.8 Å². The largest absolute Gasteiger partial charge is 0.323 e. The maximum Gasteiger partial charge on any atom is 0.274 e. The predicted molar refractivity (Wildman–Crippen MR) is 113 cm³/mol. The number of rotatable bonds is 7. The molecule has 0 radical (unpaired) electrons. The summed E-state index contributed by atoms with van der Waals surface area (Å²) in [6.07, 6.45) is 8.23. The van der Waals surface area contributed by atoms with Crippen molar-refractivity contribution in [3.8, 4) is 0 Å². The lowest BCUT2D eigenvalue weighted by atomic mass is 10.2. The van der Waals surface area contributed by atoms with Gasteiger partial charge in [0.25, 0.3) is 5.91 Å². The zero-order valence-electron chi connectivity index (χ0n) is 16.3. The van der Waals surface area contributed by atoms with Gasteiger partial charge < -0.3 is 9.62 Å². The summed E-state index contributed by atoms with van der Waals surface area (Å²) in [5.74, 6) is 2.96. The predicted octanol–water partition coefficient (Wildman–Crippen LogP) is 3.17. The molecule has 1 saturated carbocycles. The SMILES string of the molecule is CONC(=O)c1ccc(SN2C=C(Nc3cc(C4CC4)[nH]n3)n3ccnc3C2)cc1. The smallest absolute Gasteiger partial charge is 0.274 e. The molecule has 30 heavy (non-hydrogen) atoms. The topological polar surface area (TPSA) is 100 Å². The Morgan fingerprint density at radius 3 is 2.90 bits per heavy atom. The number of nitrogens with zero attached hydrogens (tertiary/aromatic N) is 4. The van der Waals surface area contributed by atoms with Crippen LogP contribution in [0.4, 0.5) is 5.82 Å². The van der Waals surface area contributed by atoms with Crippen LogP contribution in [-0.4, -0.2) is 37.1 Å². The van der Waals surface area contributed by atoms with Gasteiger partial charge in [0.15, 0.2) is 5.82 Å². The van der Waals surface area contributed by atoms with E-state index in [1.54, 1.807) is 30.3 Å². The van der Waals surface area contributed by atoms with Crippen LogP contribution in [0.5, 0.6) is 0 Å². The normalized spacial score (nSPS) is 15.5. The third-order valence-electron chi connectivity index (χ3n) is 4.95. The Morgan fingerprint density at radius 2 is 2.13 bits per heavy atom. The molecule has 1 aliphatic heterocycles. The fraction of sp³-hybridized carbons (Fsp3) is 0.250. The summed E-state index contributed by atoms with van der Waals surface area (Å²) in [6.45, 7) is 0.655. The average molecular weight is 424 g/mol. The minimum absolute atomic E-state index is 0.273. The summed E-state index contributed by atoms with van der Waals surface area (Å²) in [5, 5.41) is 10.9. The summed E-state index contributed by atoms with van der Waals surface area (Å²) in [5.41, 5.74) is 4.04. The van der Waals surface area contributed by atoms with Crippen LogP contribution in [0.1, 0.15) is 40.6 Å². The number of benzene rings is 1. The minimum Gasteiger partial charge on any atom is -0.323 e. The number of hydroxylamine groups is 1. The number of anilines is 1. The van der Waals surface area contributed by atoms with E-state index in [1.165, 1.54) is 25.6 Å². The summed E-state index contributed by atoms with van der Waals surface area (Å²) in [7, 11) is 1.41. The second-order valence-corrected chi connectivity index (χ2v) is 8.28. The van der Waals surface area contributed by atoms with Crippen LogP contribution < -0.4 is 10.8 Å². The Labute approximate surface area is 177 Å². The van der Waals surface area contributed by atoms with Gasteiger partial charge in [-0.2, -0.15) is 5.10 Å². The lowest BCUT2D eigenvalue weighted by molar-refractivity contribution is 0.0537. The molecule has 0 unspecified atom stereocenters. The molecule has 1 aliphatic carbocycles. The van der Waals surface area contributed by atoms with E-state index in [0.29, 0.717) is 18.0 Å². The first-order chi connectivity index (χ1) is 14.7. The number of amides is 1. The fourth-order valence-electron chi connectivity index (χ4n) is 3.29. The van der Waals surface area contributed by atoms with Gasteiger partial charge in [0.05, 0.1) is 19.9 Å². The van der Waals surface area contributed by atoms with Gasteiger partial charge >= 0.3 is 0 Å². The monoisotopic (exact) mass is 423 g/mol. The van der Waals surface area contributed by atoms with Crippen molar-refractivity contribution in [2.75, 3.05) is 12.4 Å². The van der Waals surface area contributed by atoms with Gasteiger partial charge in [-0.15, -0.1) is 0 Å². The molecule has 1 amide bonds. The molecule has 3 N–H and O–H groups in total. The maximum absolute atomic E-state index is 11.8. The van der Waals surface area contributed by atoms with Crippen molar-refractivity contribution in [3.63, 3.8) is 0 Å². The van der Waals surface area contributed by atoms with Crippen molar-refractivity contribution in [1.29, 1.82) is 0 Å². The van der Waals surface area contributed by atoms with E-state index in [9.17, 15) is 4.79 Å². The van der Waals surface area contributed by atoms with Gasteiger partial charge in [-0.1, -0.05) is 0 Å². The van der Waals surface area contributed by atoms with Gasteiger partial charge in [-0.25, -0.2) is 10.5 Å². The van der Waals surface area contributed by atoms with Gasteiger partial charge in [0, 0.05) is 40.5 Å². The van der Waals surface area contributed by atoms with Crippen molar-refractivity contribution in [2.24, 2.45) is 0 Å². The van der Waals surface area contributed by atoms with Gasteiger partial charge in [-0.05, 0) is 49.1 Å². The number of aromatic nitrogens is 4. The molecule has 0 bridgehead atoms. The van der Waals surface area contributed by atoms with E-state index in [2.05, 4.69) is 41.2 Å². The highest BCUT2D eigenvalue weighted by Gasteiger charge is 2.26. The van der Waals surface area contributed by atoms with E-state index >= 15 is 0 Å². The number of nitrogens with one attached hydrogen (secondary N) is 3. The minimum atomic E-state index is -0.273. The van der Waals surface area contributed by atoms with Crippen LogP contribution in [0.2, 0.25) is 0 Å². The van der Waals surface area contributed by atoms with Crippen LogP contribution in [0.25, 0.3) is 5.82 Å². The quantitative estimate of drug-likeness (QED) is 0.396. The number of fused-ring (bicyclic) bond motifs is 1. The summed E-state index contributed by atoms with van der Waals surface area (Å²) < 4.78 is 4.13. The standard InChI is InChI=1S/C20H21N7O2S/c1-29-25-20(28)14-4-6-15(7-5-14)30-26-11-18-21-8-9-27(18)19(12-26)22-17-10-16(23-24-17)13-2-3-13/h4-10,12-13H,2-3,11H2,1H3,(H,25,28)(H2,22,23,24). The molecule has 2 aliphatic rings. The van der Waals surface area contributed by atoms with Gasteiger partial charge in [-0.3, -0.25) is 19.3 Å². The highest BCUT2D eigenvalue weighted by atomic mass is 32.2. The van der Waals surface area contributed by atoms with E-state index in [4.69, 9.17) is 0 Å². The van der Waals surface area contributed by atoms with E-state index in [0.717, 1.165) is 22.4 Å². The average Bonchev–Trinajstić information content (AvgIpc) is 3.30. The Hall–Kier alpha value is -3.24. The van der Waals surface area contributed by atoms with Crippen LogP contribution in [0.3, 0.4) is 0 Å². The molecule has 9 nitrogen and oxygen atoms in total. The first kappa shape index (κ1) is 18.8. The summed E-state index contributed by atoms with van der Waals surface area (Å²) >= 11 is 1.57. The molecule has 10 heteroatoms. The van der Waals surface area contributed by atoms with Crippen molar-refractivity contribution < 1.29 is 9.63 Å². The number of imidazole rings is 1. The van der Waals surface area contributed by atoms with Crippen molar-refractivity contribution in [3.05, 3.63) is 66.0 Å². The highest BCUT2D eigenvalue weighted by molar-refractivity contribution is 7.97. The number of hydrogen-bond acceptors (Lipinski definition) is 7. The molecule has 1 fully saturated rings. The molecule has 5 rings (SSSR count). The second-order valence-electron chi connectivity index (χ2n) is 7.16. The molecule has 2 aromatic heterocycles. The number of carbonyl (C=O) groups is 1. The Morgan fingerprint density at radius 1 is 1.30 bits per heavy atom. The van der Waals surface area contributed by atoms with Crippen LogP contribution in [0, 0.1) is 0 Å². The third kappa shape index (κ3) is 3.91. The van der Waals surface area contributed by atoms with Crippen molar-refractivity contribution in [1.82, 2.24) is 29.5 Å². The van der Waals surface area contributed by atoms with Crippen LogP contribution in [-0.2, 0) is 11.4 Å². The Bertz CT molecular complexity index is 1080. The molecule has 0 saturated heterocycles. The maximum atomic E-state index is 11.8. The molecular weight excluding hydrogens is 402 g/mol. The molecule has 0 atom stereocenters. The van der Waals surface area contributed by atoms with Gasteiger partial charge in [0.2, 0.25) is 0 Å². The second kappa shape index (κ2) is 7.88. The molecule has 0 spiro atoms. The zero-order valence-corrected chi connectivity index (χ0v) is 17.1. The first-order valence-corrected chi connectivity index (χ1v) is 10.4. The number of aromatic amines is 1. The fourth-order valence-corrected chi connectivity index (χ4v) is 4.16. The van der Waals surface area contributed by atoms with E-state index in [-0.39, 0.29) is 5.91 Å². The Balaban J connectivity index is 1.32. The highest BCUT2D eigenvalue weighted by Crippen LogP contribution is 2.39. The summed E-state index contributed by atoms with van der Waals surface area (Å²) in [6, 6.07) is 9.44. The van der Waals surface area contributed by atoms with Crippen LogP contribution >= 0.6 is 11.9 Å². The van der Waals surface area contributed by atoms with E-state index in [1.807, 2.05) is 29.1 Å². The van der Waals surface area contributed by atoms with E-state index < -0.39 is 0 Å².